The van der Waals surface area contributed by atoms with E-state index in [0.717, 1.165) is 11.7 Å². The molecule has 0 aromatic rings. The highest BCUT2D eigenvalue weighted by molar-refractivity contribution is 8.14. The summed E-state index contributed by atoms with van der Waals surface area (Å²) in [4.78, 5) is 6.38. The number of thioether (sulfide) groups is 1. The normalized spacial score (nSPS) is 38.9. The zero-order valence-corrected chi connectivity index (χ0v) is 12.5. The molecule has 1 fully saturated rings. The van der Waals surface area contributed by atoms with Crippen molar-refractivity contribution < 1.29 is 20.1 Å². The van der Waals surface area contributed by atoms with Crippen molar-refractivity contribution in [1.29, 1.82) is 0 Å². The van der Waals surface area contributed by atoms with Crippen LogP contribution in [0.4, 0.5) is 0 Å². The maximum Gasteiger partial charge on any atom is 0.162 e. The van der Waals surface area contributed by atoms with Crippen LogP contribution in [0.2, 0.25) is 0 Å². The Morgan fingerprint density at radius 2 is 2.00 bits per heavy atom. The highest BCUT2D eigenvalue weighted by Gasteiger charge is 2.52. The van der Waals surface area contributed by atoms with Crippen molar-refractivity contribution in [3.63, 3.8) is 0 Å². The third-order valence-electron chi connectivity index (χ3n) is 3.55. The van der Waals surface area contributed by atoms with Gasteiger partial charge < -0.3 is 25.0 Å². The number of hydrogen-bond donors (Lipinski definition) is 3. The summed E-state index contributed by atoms with van der Waals surface area (Å²) in [5.74, 6) is 0. The molecule has 0 amide bonds. The summed E-state index contributed by atoms with van der Waals surface area (Å²) in [6, 6.07) is -0.484. The minimum absolute atomic E-state index is 0.362. The van der Waals surface area contributed by atoms with Gasteiger partial charge >= 0.3 is 0 Å². The molecule has 0 unspecified atom stereocenters. The van der Waals surface area contributed by atoms with Gasteiger partial charge in [0.1, 0.15) is 29.8 Å². The highest BCUT2D eigenvalue weighted by Crippen LogP contribution is 2.39. The Morgan fingerprint density at radius 3 is 2.53 bits per heavy atom. The van der Waals surface area contributed by atoms with Crippen LogP contribution in [0.3, 0.4) is 0 Å². The fourth-order valence-corrected chi connectivity index (χ4v) is 3.49. The molecule has 0 radical (unpaired) electrons. The highest BCUT2D eigenvalue weighted by atomic mass is 32.2. The molecule has 0 aliphatic carbocycles. The van der Waals surface area contributed by atoms with Crippen LogP contribution in [0.25, 0.3) is 0 Å². The SMILES string of the molecule is CCN(C)C1=N[C@@H]2[C@@H](O)[C@H](O)[C@@H](C(C)(C)O)O[C@@H]2S1. The van der Waals surface area contributed by atoms with Crippen LogP contribution in [0.5, 0.6) is 0 Å². The van der Waals surface area contributed by atoms with Gasteiger partial charge in [0.05, 0.1) is 5.60 Å². The Balaban J connectivity index is 2.17. The molecule has 0 spiro atoms. The number of aliphatic hydroxyl groups is 3. The zero-order valence-electron chi connectivity index (χ0n) is 11.6. The smallest absolute Gasteiger partial charge is 0.162 e. The molecular formula is C12H22N2O4S. The number of hydrogen-bond acceptors (Lipinski definition) is 7. The van der Waals surface area contributed by atoms with E-state index < -0.39 is 30.0 Å². The maximum absolute atomic E-state index is 10.2. The molecule has 2 aliphatic heterocycles. The lowest BCUT2D eigenvalue weighted by molar-refractivity contribution is -0.208. The second-order valence-electron chi connectivity index (χ2n) is 5.59. The van der Waals surface area contributed by atoms with E-state index in [9.17, 15) is 15.3 Å². The second-order valence-corrected chi connectivity index (χ2v) is 6.66. The predicted molar refractivity (Wildman–Crippen MR) is 74.1 cm³/mol. The van der Waals surface area contributed by atoms with Crippen LogP contribution in [0, 0.1) is 0 Å². The molecule has 7 heteroatoms. The minimum atomic E-state index is -1.22. The number of rotatable bonds is 2. The Labute approximate surface area is 117 Å². The summed E-state index contributed by atoms with van der Waals surface area (Å²) >= 11 is 1.42. The van der Waals surface area contributed by atoms with E-state index in [1.807, 2.05) is 18.9 Å². The van der Waals surface area contributed by atoms with Gasteiger partial charge in [-0.3, -0.25) is 4.99 Å². The molecule has 2 heterocycles. The zero-order chi connectivity index (χ0) is 14.4. The molecule has 0 aromatic carbocycles. The Morgan fingerprint density at radius 1 is 1.37 bits per heavy atom. The summed E-state index contributed by atoms with van der Waals surface area (Å²) in [6.07, 6.45) is -2.99. The monoisotopic (exact) mass is 290 g/mol. The maximum atomic E-state index is 10.2. The molecule has 2 aliphatic rings. The lowest BCUT2D eigenvalue weighted by Crippen LogP contribution is -2.61. The predicted octanol–water partition coefficient (Wildman–Crippen LogP) is -0.373. The molecule has 3 N–H and O–H groups in total. The van der Waals surface area contributed by atoms with E-state index in [0.29, 0.717) is 0 Å². The average molecular weight is 290 g/mol. The Bertz CT molecular complexity index is 371. The van der Waals surface area contributed by atoms with E-state index in [4.69, 9.17) is 4.74 Å². The first-order chi connectivity index (χ1) is 8.75. The van der Waals surface area contributed by atoms with Gasteiger partial charge in [-0.2, -0.15) is 0 Å². The molecule has 2 rings (SSSR count). The number of amidine groups is 1. The third-order valence-corrected chi connectivity index (χ3v) is 4.80. The van der Waals surface area contributed by atoms with Gasteiger partial charge in [-0.25, -0.2) is 0 Å². The minimum Gasteiger partial charge on any atom is -0.388 e. The molecule has 5 atom stereocenters. The van der Waals surface area contributed by atoms with Gasteiger partial charge in [0.2, 0.25) is 0 Å². The van der Waals surface area contributed by atoms with Gasteiger partial charge in [-0.1, -0.05) is 11.8 Å². The van der Waals surface area contributed by atoms with Gasteiger partial charge in [0.15, 0.2) is 5.17 Å². The van der Waals surface area contributed by atoms with Crippen molar-refractivity contribution in [2.75, 3.05) is 13.6 Å². The second kappa shape index (κ2) is 5.21. The van der Waals surface area contributed by atoms with Gasteiger partial charge in [0, 0.05) is 13.6 Å². The molecule has 0 saturated carbocycles. The quantitative estimate of drug-likeness (QED) is 0.643. The van der Waals surface area contributed by atoms with E-state index in [-0.39, 0.29) is 5.44 Å². The van der Waals surface area contributed by atoms with Gasteiger partial charge in [0.25, 0.3) is 0 Å². The fourth-order valence-electron chi connectivity index (χ4n) is 2.25. The number of nitrogens with zero attached hydrogens (tertiary/aromatic N) is 2. The van der Waals surface area contributed by atoms with E-state index in [2.05, 4.69) is 4.99 Å². The van der Waals surface area contributed by atoms with Crippen LogP contribution in [0.1, 0.15) is 20.8 Å². The summed E-state index contributed by atoms with van der Waals surface area (Å²) in [6.45, 7) is 5.94. The third kappa shape index (κ3) is 2.75. The van der Waals surface area contributed by atoms with Crippen molar-refractivity contribution in [2.45, 2.75) is 56.2 Å². The standard InChI is InChI=1S/C12H22N2O4S/c1-5-14(4)11-13-6-7(15)8(16)9(12(2,3)17)18-10(6)19-11/h6-10,15-17H,5H2,1-4H3/t6-,7-,8+,9+,10-/m1/s1. The number of fused-ring (bicyclic) bond motifs is 1. The van der Waals surface area contributed by atoms with E-state index in [1.54, 1.807) is 13.8 Å². The number of aliphatic imine (C=N–C) groups is 1. The van der Waals surface area contributed by atoms with E-state index >= 15 is 0 Å². The topological polar surface area (TPSA) is 85.5 Å². The molecule has 6 nitrogen and oxygen atoms in total. The number of aliphatic hydroxyl groups excluding tert-OH is 2. The van der Waals surface area contributed by atoms with Crippen molar-refractivity contribution in [1.82, 2.24) is 4.90 Å². The lowest BCUT2D eigenvalue weighted by Gasteiger charge is -2.43. The summed E-state index contributed by atoms with van der Waals surface area (Å²) < 4.78 is 5.74. The van der Waals surface area contributed by atoms with Gasteiger partial charge in [-0.05, 0) is 20.8 Å². The van der Waals surface area contributed by atoms with Gasteiger partial charge in [-0.15, -0.1) is 0 Å². The molecule has 19 heavy (non-hydrogen) atoms. The molecule has 110 valence electrons. The van der Waals surface area contributed by atoms with Crippen molar-refractivity contribution in [2.24, 2.45) is 4.99 Å². The van der Waals surface area contributed by atoms with Crippen LogP contribution >= 0.6 is 11.8 Å². The molecule has 1 saturated heterocycles. The Kier molecular flexibility index (Phi) is 4.13. The largest absolute Gasteiger partial charge is 0.388 e. The first-order valence-electron chi connectivity index (χ1n) is 6.45. The van der Waals surface area contributed by atoms with Crippen LogP contribution in [-0.2, 0) is 4.74 Å². The average Bonchev–Trinajstić information content (AvgIpc) is 2.75. The first kappa shape index (κ1) is 15.1. The van der Waals surface area contributed by atoms with E-state index in [1.165, 1.54) is 11.8 Å². The first-order valence-corrected chi connectivity index (χ1v) is 7.33. The molecule has 0 bridgehead atoms. The Hall–Kier alpha value is -0.340. The summed E-state index contributed by atoms with van der Waals surface area (Å²) in [7, 11) is 1.92. The summed E-state index contributed by atoms with van der Waals surface area (Å²) in [5, 5.41) is 31.1. The van der Waals surface area contributed by atoms with Crippen LogP contribution < -0.4 is 0 Å². The fraction of sp³-hybridized carbons (Fsp3) is 0.917. The van der Waals surface area contributed by atoms with Crippen molar-refractivity contribution in [3.05, 3.63) is 0 Å². The lowest BCUT2D eigenvalue weighted by atomic mass is 9.89. The van der Waals surface area contributed by atoms with Crippen molar-refractivity contribution >= 4 is 16.9 Å². The molecule has 0 aromatic heterocycles. The summed E-state index contributed by atoms with van der Waals surface area (Å²) in [5.41, 5.74) is -1.58. The van der Waals surface area contributed by atoms with Crippen LogP contribution in [0.15, 0.2) is 4.99 Å². The van der Waals surface area contributed by atoms with Crippen LogP contribution in [-0.4, -0.2) is 74.4 Å². The molecular weight excluding hydrogens is 268 g/mol. The number of ether oxygens (including phenoxy) is 1. The van der Waals surface area contributed by atoms with Crippen molar-refractivity contribution in [3.8, 4) is 0 Å².